The first kappa shape index (κ1) is 24.8. The zero-order valence-corrected chi connectivity index (χ0v) is 20.4. The average molecular weight is 499 g/mol. The zero-order valence-electron chi connectivity index (χ0n) is 19.6. The van der Waals surface area contributed by atoms with Crippen molar-refractivity contribution in [3.63, 3.8) is 0 Å². The lowest BCUT2D eigenvalue weighted by Gasteiger charge is -2.12. The number of amides is 1. The fourth-order valence-electron chi connectivity index (χ4n) is 3.31. The molecule has 4 aromatic carbocycles. The molecule has 0 aliphatic heterocycles. The smallest absolute Gasteiger partial charge is 0.257 e. The van der Waals surface area contributed by atoms with E-state index in [1.165, 1.54) is 0 Å². The first-order chi connectivity index (χ1) is 17.7. The molecule has 0 saturated carbocycles. The van der Waals surface area contributed by atoms with Crippen LogP contribution in [0.1, 0.15) is 15.9 Å². The van der Waals surface area contributed by atoms with Crippen molar-refractivity contribution in [1.82, 2.24) is 5.32 Å². The van der Waals surface area contributed by atoms with Gasteiger partial charge in [0.1, 0.15) is 37.1 Å². The second-order valence-electron chi connectivity index (χ2n) is 7.75. The number of hydrogen-bond acceptors (Lipinski definition) is 5. The van der Waals surface area contributed by atoms with Crippen molar-refractivity contribution in [3.05, 3.63) is 120 Å². The molecule has 0 aliphatic carbocycles. The van der Waals surface area contributed by atoms with Crippen LogP contribution in [0.2, 0.25) is 0 Å². The number of anilines is 1. The summed E-state index contributed by atoms with van der Waals surface area (Å²) in [6, 6.07) is 33.7. The summed E-state index contributed by atoms with van der Waals surface area (Å²) >= 11 is 5.33. The second-order valence-corrected chi connectivity index (χ2v) is 8.16. The van der Waals surface area contributed by atoms with Gasteiger partial charge in [0.2, 0.25) is 0 Å². The second kappa shape index (κ2) is 12.9. The van der Waals surface area contributed by atoms with Gasteiger partial charge < -0.3 is 19.5 Å². The number of ether oxygens (including phenoxy) is 3. The number of nitrogens with one attached hydrogen (secondary N) is 2. The predicted molar refractivity (Wildman–Crippen MR) is 145 cm³/mol. The van der Waals surface area contributed by atoms with Crippen molar-refractivity contribution in [2.24, 2.45) is 0 Å². The van der Waals surface area contributed by atoms with E-state index in [9.17, 15) is 4.79 Å². The van der Waals surface area contributed by atoms with Crippen LogP contribution in [-0.2, 0) is 6.61 Å². The minimum atomic E-state index is -0.338. The minimum Gasteiger partial charge on any atom is -0.490 e. The lowest BCUT2D eigenvalue weighted by molar-refractivity contribution is 0.0977. The van der Waals surface area contributed by atoms with E-state index in [0.717, 1.165) is 11.3 Å². The van der Waals surface area contributed by atoms with E-state index in [4.69, 9.17) is 26.4 Å². The van der Waals surface area contributed by atoms with Crippen LogP contribution in [0.25, 0.3) is 0 Å². The molecule has 0 saturated heterocycles. The quantitative estimate of drug-likeness (QED) is 0.211. The summed E-state index contributed by atoms with van der Waals surface area (Å²) in [7, 11) is 0. The number of thiocarbonyl (C=S) groups is 1. The van der Waals surface area contributed by atoms with Gasteiger partial charge in [-0.15, -0.1) is 0 Å². The van der Waals surface area contributed by atoms with Crippen molar-refractivity contribution in [3.8, 4) is 17.2 Å². The molecule has 6 nitrogen and oxygen atoms in total. The summed E-state index contributed by atoms with van der Waals surface area (Å²) in [5.41, 5.74) is 2.22. The standard InChI is InChI=1S/C29H26N2O4S/c32-28(23-11-7-15-26(19-23)34-18-17-33-25-13-5-2-6-14-25)31-29(36)30-24-12-8-16-27(20-24)35-21-22-9-3-1-4-10-22/h1-16,19-20H,17-18,21H2,(H2,30,31,32,36). The number of para-hydroxylation sites is 1. The van der Waals surface area contributed by atoms with E-state index in [1.54, 1.807) is 24.3 Å². The third-order valence-corrected chi connectivity index (χ3v) is 5.23. The van der Waals surface area contributed by atoms with E-state index in [2.05, 4.69) is 10.6 Å². The van der Waals surface area contributed by atoms with Crippen molar-refractivity contribution in [2.75, 3.05) is 18.5 Å². The van der Waals surface area contributed by atoms with E-state index < -0.39 is 0 Å². The van der Waals surface area contributed by atoms with Crippen LogP contribution >= 0.6 is 12.2 Å². The normalized spacial score (nSPS) is 10.2. The third-order valence-electron chi connectivity index (χ3n) is 5.03. The van der Waals surface area contributed by atoms with Crippen LogP contribution in [0.3, 0.4) is 0 Å². The van der Waals surface area contributed by atoms with Gasteiger partial charge in [-0.25, -0.2) is 0 Å². The number of carbonyl (C=O) groups is 1. The van der Waals surface area contributed by atoms with Crippen molar-refractivity contribution in [2.45, 2.75) is 6.61 Å². The van der Waals surface area contributed by atoms with Gasteiger partial charge in [-0.2, -0.15) is 0 Å². The lowest BCUT2D eigenvalue weighted by Crippen LogP contribution is -2.34. The molecule has 1 amide bonds. The Balaban J connectivity index is 1.24. The fourth-order valence-corrected chi connectivity index (χ4v) is 3.52. The summed E-state index contributed by atoms with van der Waals surface area (Å²) in [5, 5.41) is 5.91. The molecule has 0 fully saturated rings. The first-order valence-corrected chi connectivity index (χ1v) is 11.9. The lowest BCUT2D eigenvalue weighted by atomic mass is 10.2. The number of carbonyl (C=O) groups excluding carboxylic acids is 1. The van der Waals surface area contributed by atoms with Crippen molar-refractivity contribution in [1.29, 1.82) is 0 Å². The monoisotopic (exact) mass is 498 g/mol. The molecule has 0 spiro atoms. The Bertz CT molecular complexity index is 1280. The highest BCUT2D eigenvalue weighted by atomic mass is 32.1. The van der Waals surface area contributed by atoms with E-state index in [0.29, 0.717) is 42.6 Å². The van der Waals surface area contributed by atoms with Crippen LogP contribution in [0.15, 0.2) is 109 Å². The van der Waals surface area contributed by atoms with Crippen LogP contribution in [0.5, 0.6) is 17.2 Å². The molecular weight excluding hydrogens is 472 g/mol. The Morgan fingerprint density at radius 1 is 0.667 bits per heavy atom. The zero-order chi connectivity index (χ0) is 25.0. The number of benzene rings is 4. The largest absolute Gasteiger partial charge is 0.490 e. The van der Waals surface area contributed by atoms with Crippen molar-refractivity contribution >= 4 is 28.9 Å². The molecule has 0 unspecified atom stereocenters. The van der Waals surface area contributed by atoms with Gasteiger partial charge >= 0.3 is 0 Å². The average Bonchev–Trinajstić information content (AvgIpc) is 2.91. The van der Waals surface area contributed by atoms with Gasteiger partial charge in [0.05, 0.1) is 0 Å². The Hall–Kier alpha value is -4.36. The number of hydrogen-bond donors (Lipinski definition) is 2. The molecule has 0 bridgehead atoms. The van der Waals surface area contributed by atoms with Gasteiger partial charge in [-0.05, 0) is 60.2 Å². The maximum absolute atomic E-state index is 12.7. The molecule has 36 heavy (non-hydrogen) atoms. The fraction of sp³-hybridized carbons (Fsp3) is 0.103. The molecule has 0 aliphatic rings. The van der Waals surface area contributed by atoms with Crippen LogP contribution < -0.4 is 24.8 Å². The minimum absolute atomic E-state index is 0.183. The summed E-state index contributed by atoms with van der Waals surface area (Å²) < 4.78 is 17.2. The topological polar surface area (TPSA) is 68.8 Å². The summed E-state index contributed by atoms with van der Waals surface area (Å²) in [5.74, 6) is 1.71. The summed E-state index contributed by atoms with van der Waals surface area (Å²) in [4.78, 5) is 12.7. The molecule has 0 atom stereocenters. The highest BCUT2D eigenvalue weighted by Crippen LogP contribution is 2.19. The van der Waals surface area contributed by atoms with Gasteiger partial charge in [0, 0.05) is 17.3 Å². The van der Waals surface area contributed by atoms with Gasteiger partial charge in [0.25, 0.3) is 5.91 Å². The highest BCUT2D eigenvalue weighted by molar-refractivity contribution is 7.80. The Kier molecular flexibility index (Phi) is 8.89. The SMILES string of the molecule is O=C(NC(=S)Nc1cccc(OCc2ccccc2)c1)c1cccc(OCCOc2ccccc2)c1. The van der Waals surface area contributed by atoms with E-state index in [1.807, 2.05) is 84.9 Å². The Morgan fingerprint density at radius 3 is 2.03 bits per heavy atom. The molecule has 4 aromatic rings. The molecule has 2 N–H and O–H groups in total. The maximum atomic E-state index is 12.7. The molecule has 182 valence electrons. The summed E-state index contributed by atoms with van der Waals surface area (Å²) in [6.07, 6.45) is 0. The van der Waals surface area contributed by atoms with Gasteiger partial charge in [-0.1, -0.05) is 60.7 Å². The molecule has 0 aromatic heterocycles. The van der Waals surface area contributed by atoms with E-state index >= 15 is 0 Å². The predicted octanol–water partition coefficient (Wildman–Crippen LogP) is 5.85. The molecule has 0 radical (unpaired) electrons. The Morgan fingerprint density at radius 2 is 1.28 bits per heavy atom. The van der Waals surface area contributed by atoms with Gasteiger partial charge in [-0.3, -0.25) is 10.1 Å². The molecule has 4 rings (SSSR count). The first-order valence-electron chi connectivity index (χ1n) is 11.5. The molecular formula is C29H26N2O4S. The maximum Gasteiger partial charge on any atom is 0.257 e. The van der Waals surface area contributed by atoms with Crippen molar-refractivity contribution < 1.29 is 19.0 Å². The number of rotatable bonds is 10. The van der Waals surface area contributed by atoms with E-state index in [-0.39, 0.29) is 11.0 Å². The van der Waals surface area contributed by atoms with Gasteiger partial charge in [0.15, 0.2) is 5.11 Å². The molecule has 7 heteroatoms. The third kappa shape index (κ3) is 7.85. The summed E-state index contributed by atoms with van der Waals surface area (Å²) in [6.45, 7) is 1.20. The van der Waals surface area contributed by atoms with Crippen LogP contribution in [-0.4, -0.2) is 24.2 Å². The highest BCUT2D eigenvalue weighted by Gasteiger charge is 2.10. The van der Waals surface area contributed by atoms with Crippen LogP contribution in [0, 0.1) is 0 Å². The van der Waals surface area contributed by atoms with Crippen LogP contribution in [0.4, 0.5) is 5.69 Å². The molecule has 0 heterocycles. The Labute approximate surface area is 215 Å².